The van der Waals surface area contributed by atoms with Gasteiger partial charge in [-0.05, 0) is 39.7 Å². The second kappa shape index (κ2) is 6.03. The Morgan fingerprint density at radius 3 is 2.24 bits per heavy atom. The minimum Gasteiger partial charge on any atom is -0.387 e. The molecule has 0 aromatic heterocycles. The predicted octanol–water partition coefficient (Wildman–Crippen LogP) is 5.39. The van der Waals surface area contributed by atoms with Crippen molar-refractivity contribution in [1.29, 1.82) is 0 Å². The number of hydrogen-bond donors (Lipinski definition) is 1. The summed E-state index contributed by atoms with van der Waals surface area (Å²) in [5.74, 6) is -1.02. The molecule has 0 spiro atoms. The SMILES string of the molecule is CC(C)(c1ccc(F)cc1)C(O)c1ccc(Br)c(Cl)c1F. The minimum absolute atomic E-state index is 0.0681. The summed E-state index contributed by atoms with van der Waals surface area (Å²) in [4.78, 5) is 0. The van der Waals surface area contributed by atoms with Crippen molar-refractivity contribution in [3.8, 4) is 0 Å². The van der Waals surface area contributed by atoms with Gasteiger partial charge < -0.3 is 5.11 Å². The number of benzene rings is 2. The first-order valence-electron chi connectivity index (χ1n) is 6.32. The number of rotatable bonds is 3. The first kappa shape index (κ1) is 16.4. The lowest BCUT2D eigenvalue weighted by molar-refractivity contribution is 0.0965. The van der Waals surface area contributed by atoms with Crippen molar-refractivity contribution in [2.45, 2.75) is 25.4 Å². The molecular weight excluding hydrogens is 362 g/mol. The van der Waals surface area contributed by atoms with Crippen LogP contribution < -0.4 is 0 Å². The molecule has 1 nitrogen and oxygen atoms in total. The highest BCUT2D eigenvalue weighted by molar-refractivity contribution is 9.10. The van der Waals surface area contributed by atoms with Gasteiger partial charge in [-0.2, -0.15) is 0 Å². The zero-order valence-corrected chi connectivity index (χ0v) is 13.8. The minimum atomic E-state index is -1.12. The van der Waals surface area contributed by atoms with Gasteiger partial charge in [-0.15, -0.1) is 0 Å². The van der Waals surface area contributed by atoms with Crippen LogP contribution >= 0.6 is 27.5 Å². The van der Waals surface area contributed by atoms with E-state index < -0.39 is 17.3 Å². The Morgan fingerprint density at radius 2 is 1.67 bits per heavy atom. The topological polar surface area (TPSA) is 20.2 Å². The van der Waals surface area contributed by atoms with Gasteiger partial charge in [0, 0.05) is 15.5 Å². The maximum atomic E-state index is 14.2. The summed E-state index contributed by atoms with van der Waals surface area (Å²) in [6, 6.07) is 8.86. The molecule has 0 radical (unpaired) electrons. The molecule has 112 valence electrons. The van der Waals surface area contributed by atoms with E-state index in [-0.39, 0.29) is 16.4 Å². The molecule has 21 heavy (non-hydrogen) atoms. The lowest BCUT2D eigenvalue weighted by Gasteiger charge is -2.32. The van der Waals surface area contributed by atoms with E-state index in [0.29, 0.717) is 10.0 Å². The van der Waals surface area contributed by atoms with Crippen LogP contribution in [0.1, 0.15) is 31.1 Å². The van der Waals surface area contributed by atoms with E-state index in [1.807, 2.05) is 0 Å². The van der Waals surface area contributed by atoms with Crippen molar-refractivity contribution in [2.24, 2.45) is 0 Å². The maximum Gasteiger partial charge on any atom is 0.148 e. The zero-order chi connectivity index (χ0) is 15.8. The van der Waals surface area contributed by atoms with Gasteiger partial charge in [0.05, 0.1) is 11.1 Å². The van der Waals surface area contributed by atoms with Crippen LogP contribution in [0.2, 0.25) is 5.02 Å². The largest absolute Gasteiger partial charge is 0.387 e. The van der Waals surface area contributed by atoms with E-state index in [1.165, 1.54) is 18.2 Å². The van der Waals surface area contributed by atoms with E-state index in [0.717, 1.165) is 0 Å². The summed E-state index contributed by atoms with van der Waals surface area (Å²) < 4.78 is 27.7. The quantitative estimate of drug-likeness (QED) is 0.713. The van der Waals surface area contributed by atoms with Crippen molar-refractivity contribution in [3.05, 3.63) is 68.7 Å². The van der Waals surface area contributed by atoms with Gasteiger partial charge in [-0.25, -0.2) is 8.78 Å². The smallest absolute Gasteiger partial charge is 0.148 e. The van der Waals surface area contributed by atoms with E-state index >= 15 is 0 Å². The standard InChI is InChI=1S/C16H14BrClF2O/c1-16(2,9-3-5-10(19)6-4-9)15(21)11-7-8-12(17)13(18)14(11)20/h3-8,15,21H,1-2H3. The van der Waals surface area contributed by atoms with Gasteiger partial charge in [-0.3, -0.25) is 0 Å². The molecule has 0 aliphatic carbocycles. The molecular formula is C16H14BrClF2O. The summed E-state index contributed by atoms with van der Waals surface area (Å²) in [6.45, 7) is 3.53. The third kappa shape index (κ3) is 3.12. The fourth-order valence-corrected chi connectivity index (χ4v) is 2.66. The second-order valence-electron chi connectivity index (χ2n) is 5.40. The van der Waals surface area contributed by atoms with Gasteiger partial charge >= 0.3 is 0 Å². The Labute approximate surface area is 135 Å². The van der Waals surface area contributed by atoms with Crippen LogP contribution in [0.5, 0.6) is 0 Å². The summed E-state index contributed by atoms with van der Waals surface area (Å²) in [6.07, 6.45) is -1.12. The fourth-order valence-electron chi connectivity index (χ4n) is 2.18. The Kier molecular flexibility index (Phi) is 4.71. The van der Waals surface area contributed by atoms with Crippen LogP contribution in [0.3, 0.4) is 0 Å². The highest BCUT2D eigenvalue weighted by Crippen LogP contribution is 2.40. The van der Waals surface area contributed by atoms with Crippen LogP contribution in [0.15, 0.2) is 40.9 Å². The van der Waals surface area contributed by atoms with Crippen molar-refractivity contribution in [2.75, 3.05) is 0 Å². The van der Waals surface area contributed by atoms with Gasteiger partial charge in [0.25, 0.3) is 0 Å². The first-order chi connectivity index (χ1) is 9.75. The van der Waals surface area contributed by atoms with E-state index in [4.69, 9.17) is 11.6 Å². The average Bonchev–Trinajstić information content (AvgIpc) is 2.45. The maximum absolute atomic E-state index is 14.2. The zero-order valence-electron chi connectivity index (χ0n) is 11.5. The molecule has 2 aromatic rings. The molecule has 0 amide bonds. The molecule has 1 atom stereocenters. The van der Waals surface area contributed by atoms with Gasteiger partial charge in [0.15, 0.2) is 0 Å². The molecule has 0 aliphatic heterocycles. The fraction of sp³-hybridized carbons (Fsp3) is 0.250. The van der Waals surface area contributed by atoms with E-state index in [9.17, 15) is 13.9 Å². The molecule has 0 saturated heterocycles. The molecule has 0 bridgehead atoms. The summed E-state index contributed by atoms with van der Waals surface area (Å²) in [7, 11) is 0. The van der Waals surface area contributed by atoms with Crippen LogP contribution in [-0.4, -0.2) is 5.11 Å². The number of aliphatic hydroxyl groups is 1. The molecule has 2 rings (SSSR count). The van der Waals surface area contributed by atoms with Crippen LogP contribution in [0.25, 0.3) is 0 Å². The normalized spacial score (nSPS) is 13.3. The van der Waals surface area contributed by atoms with Crippen LogP contribution in [0, 0.1) is 11.6 Å². The van der Waals surface area contributed by atoms with Gasteiger partial charge in [-0.1, -0.05) is 43.6 Å². The third-order valence-corrected chi connectivity index (χ3v) is 4.89. The summed E-state index contributed by atoms with van der Waals surface area (Å²) in [5, 5.41) is 10.5. The Hall–Kier alpha value is -0.970. The van der Waals surface area contributed by atoms with E-state index in [2.05, 4.69) is 15.9 Å². The molecule has 1 unspecified atom stereocenters. The summed E-state index contributed by atoms with van der Waals surface area (Å²) in [5.41, 5.74) is 0.0125. The number of hydrogen-bond acceptors (Lipinski definition) is 1. The Bertz CT molecular complexity index is 656. The highest BCUT2D eigenvalue weighted by atomic mass is 79.9. The lowest BCUT2D eigenvalue weighted by atomic mass is 9.76. The summed E-state index contributed by atoms with van der Waals surface area (Å²) >= 11 is 9.00. The van der Waals surface area contributed by atoms with Crippen LogP contribution in [-0.2, 0) is 5.41 Å². The predicted molar refractivity (Wildman–Crippen MR) is 83.5 cm³/mol. The average molecular weight is 376 g/mol. The van der Waals surface area contributed by atoms with Gasteiger partial charge in [0.1, 0.15) is 11.6 Å². The monoisotopic (exact) mass is 374 g/mol. The Morgan fingerprint density at radius 1 is 1.10 bits per heavy atom. The second-order valence-corrected chi connectivity index (χ2v) is 6.63. The van der Waals surface area contributed by atoms with Gasteiger partial charge in [0.2, 0.25) is 0 Å². The Balaban J connectivity index is 2.45. The van der Waals surface area contributed by atoms with Crippen molar-refractivity contribution in [1.82, 2.24) is 0 Å². The molecule has 5 heteroatoms. The number of aliphatic hydroxyl groups excluding tert-OH is 1. The molecule has 0 saturated carbocycles. The van der Waals surface area contributed by atoms with Crippen LogP contribution in [0.4, 0.5) is 8.78 Å². The number of halogens is 4. The highest BCUT2D eigenvalue weighted by Gasteiger charge is 2.33. The van der Waals surface area contributed by atoms with E-state index in [1.54, 1.807) is 32.0 Å². The lowest BCUT2D eigenvalue weighted by Crippen LogP contribution is -2.27. The molecule has 0 aliphatic rings. The molecule has 1 N–H and O–H groups in total. The first-order valence-corrected chi connectivity index (χ1v) is 7.49. The van der Waals surface area contributed by atoms with Crippen molar-refractivity contribution in [3.63, 3.8) is 0 Å². The van der Waals surface area contributed by atoms with Crippen molar-refractivity contribution >= 4 is 27.5 Å². The molecule has 2 aromatic carbocycles. The third-order valence-electron chi connectivity index (χ3n) is 3.63. The molecule has 0 heterocycles. The van der Waals surface area contributed by atoms with Crippen molar-refractivity contribution < 1.29 is 13.9 Å². The molecule has 0 fully saturated rings.